The molecule has 1 amide bonds. The molecular formula is C19H16Cl2N4O4S. The molecule has 0 fully saturated rings. The lowest BCUT2D eigenvalue weighted by Crippen LogP contribution is -2.15. The molecule has 0 aliphatic heterocycles. The standard InChI is InChI=1S/C19H16Cl2N4O4S/c1-28-15-6-4-11(20)8-12(15)17-23-19(25-24-17)30-9-16(26)22-14-7-10(18(27)29-2)3-5-13(14)21/h3-8H,9H2,1-2H3,(H,22,26)(H,23,24,25). The van der Waals surface area contributed by atoms with Crippen LogP contribution >= 0.6 is 35.0 Å². The van der Waals surface area contributed by atoms with Crippen LogP contribution in [-0.4, -0.2) is 47.0 Å². The summed E-state index contributed by atoms with van der Waals surface area (Å²) in [6.07, 6.45) is 0. The maximum atomic E-state index is 12.3. The Morgan fingerprint density at radius 1 is 1.17 bits per heavy atom. The minimum absolute atomic E-state index is 0.0305. The number of methoxy groups -OCH3 is 2. The highest BCUT2D eigenvalue weighted by atomic mass is 35.5. The normalized spacial score (nSPS) is 10.5. The van der Waals surface area contributed by atoms with E-state index in [0.29, 0.717) is 38.0 Å². The van der Waals surface area contributed by atoms with Gasteiger partial charge in [-0.05, 0) is 36.4 Å². The first-order chi connectivity index (χ1) is 14.4. The van der Waals surface area contributed by atoms with Crippen molar-refractivity contribution in [3.05, 3.63) is 52.0 Å². The number of rotatable bonds is 7. The van der Waals surface area contributed by atoms with Crippen LogP contribution in [0, 0.1) is 0 Å². The van der Waals surface area contributed by atoms with Gasteiger partial charge in [-0.25, -0.2) is 9.78 Å². The fourth-order valence-electron chi connectivity index (χ4n) is 2.48. The van der Waals surface area contributed by atoms with Gasteiger partial charge in [0, 0.05) is 5.02 Å². The molecule has 1 heterocycles. The second kappa shape index (κ2) is 9.84. The summed E-state index contributed by atoms with van der Waals surface area (Å²) in [7, 11) is 2.82. The van der Waals surface area contributed by atoms with Crippen molar-refractivity contribution >= 4 is 52.5 Å². The zero-order valence-corrected chi connectivity index (χ0v) is 18.2. The van der Waals surface area contributed by atoms with Crippen molar-refractivity contribution in [2.24, 2.45) is 0 Å². The largest absolute Gasteiger partial charge is 0.496 e. The molecule has 2 aromatic carbocycles. The first kappa shape index (κ1) is 21.9. The van der Waals surface area contributed by atoms with Crippen molar-refractivity contribution in [1.82, 2.24) is 15.2 Å². The third kappa shape index (κ3) is 5.24. The summed E-state index contributed by atoms with van der Waals surface area (Å²) in [4.78, 5) is 28.3. The van der Waals surface area contributed by atoms with Gasteiger partial charge in [0.2, 0.25) is 11.1 Å². The van der Waals surface area contributed by atoms with Gasteiger partial charge in [-0.2, -0.15) is 0 Å². The van der Waals surface area contributed by atoms with Gasteiger partial charge in [-0.3, -0.25) is 9.89 Å². The number of ether oxygens (including phenoxy) is 2. The SMILES string of the molecule is COC(=O)c1ccc(Cl)c(NC(=O)CSc2n[nH]c(-c3cc(Cl)ccc3OC)n2)c1. The quantitative estimate of drug-likeness (QED) is 0.394. The van der Waals surface area contributed by atoms with Gasteiger partial charge in [0.15, 0.2) is 5.82 Å². The first-order valence-corrected chi connectivity index (χ1v) is 10.2. The summed E-state index contributed by atoms with van der Waals surface area (Å²) < 4.78 is 9.98. The van der Waals surface area contributed by atoms with Crippen LogP contribution in [0.2, 0.25) is 10.0 Å². The van der Waals surface area contributed by atoms with Gasteiger partial charge in [0.1, 0.15) is 5.75 Å². The zero-order valence-electron chi connectivity index (χ0n) is 15.9. The number of aromatic amines is 1. The zero-order chi connectivity index (χ0) is 21.7. The van der Waals surface area contributed by atoms with E-state index in [2.05, 4.69) is 25.2 Å². The van der Waals surface area contributed by atoms with Crippen LogP contribution in [-0.2, 0) is 9.53 Å². The molecule has 0 bridgehead atoms. The highest BCUT2D eigenvalue weighted by molar-refractivity contribution is 7.99. The van der Waals surface area contributed by atoms with Crippen LogP contribution in [0.5, 0.6) is 5.75 Å². The Bertz CT molecular complexity index is 1090. The Labute approximate surface area is 186 Å². The molecule has 0 saturated carbocycles. The molecule has 1 aromatic heterocycles. The van der Waals surface area contributed by atoms with Crippen LogP contribution in [0.1, 0.15) is 10.4 Å². The number of thioether (sulfide) groups is 1. The molecule has 30 heavy (non-hydrogen) atoms. The molecule has 156 valence electrons. The molecule has 2 N–H and O–H groups in total. The number of anilines is 1. The number of hydrogen-bond donors (Lipinski definition) is 2. The molecule has 0 aliphatic rings. The number of H-pyrrole nitrogens is 1. The highest BCUT2D eigenvalue weighted by Crippen LogP contribution is 2.31. The van der Waals surface area contributed by atoms with Crippen LogP contribution in [0.3, 0.4) is 0 Å². The van der Waals surface area contributed by atoms with Crippen LogP contribution in [0.4, 0.5) is 5.69 Å². The Morgan fingerprint density at radius 2 is 1.97 bits per heavy atom. The summed E-state index contributed by atoms with van der Waals surface area (Å²) in [5.41, 5.74) is 1.24. The Hall–Kier alpha value is -2.75. The van der Waals surface area contributed by atoms with E-state index < -0.39 is 5.97 Å². The topological polar surface area (TPSA) is 106 Å². The molecule has 0 saturated heterocycles. The Balaban J connectivity index is 1.65. The monoisotopic (exact) mass is 466 g/mol. The third-order valence-corrected chi connectivity index (χ3v) is 5.29. The van der Waals surface area contributed by atoms with Crippen molar-refractivity contribution in [3.63, 3.8) is 0 Å². The van der Waals surface area contributed by atoms with Gasteiger partial charge in [-0.1, -0.05) is 35.0 Å². The van der Waals surface area contributed by atoms with E-state index in [-0.39, 0.29) is 17.2 Å². The van der Waals surface area contributed by atoms with Crippen molar-refractivity contribution in [2.75, 3.05) is 25.3 Å². The van der Waals surface area contributed by atoms with Gasteiger partial charge >= 0.3 is 5.97 Å². The van der Waals surface area contributed by atoms with Crippen molar-refractivity contribution in [2.45, 2.75) is 5.16 Å². The van der Waals surface area contributed by atoms with E-state index in [1.54, 1.807) is 25.3 Å². The third-order valence-electron chi connectivity index (χ3n) is 3.88. The number of benzene rings is 2. The summed E-state index contributed by atoms with van der Waals surface area (Å²) in [6.45, 7) is 0. The summed E-state index contributed by atoms with van der Waals surface area (Å²) in [5, 5.41) is 10.8. The van der Waals surface area contributed by atoms with Crippen molar-refractivity contribution in [1.29, 1.82) is 0 Å². The minimum atomic E-state index is -0.527. The van der Waals surface area contributed by atoms with E-state index in [0.717, 1.165) is 11.8 Å². The lowest BCUT2D eigenvalue weighted by Gasteiger charge is -2.08. The van der Waals surface area contributed by atoms with Gasteiger partial charge in [-0.15, -0.1) is 5.10 Å². The van der Waals surface area contributed by atoms with E-state index in [1.165, 1.54) is 25.3 Å². The Morgan fingerprint density at radius 3 is 2.70 bits per heavy atom. The first-order valence-electron chi connectivity index (χ1n) is 8.48. The summed E-state index contributed by atoms with van der Waals surface area (Å²) in [5.74, 6) is 0.218. The summed E-state index contributed by atoms with van der Waals surface area (Å²) >= 11 is 13.3. The van der Waals surface area contributed by atoms with Gasteiger partial charge in [0.05, 0.1) is 41.8 Å². The molecule has 0 spiro atoms. The van der Waals surface area contributed by atoms with E-state index >= 15 is 0 Å². The molecule has 8 nitrogen and oxygen atoms in total. The van der Waals surface area contributed by atoms with Crippen LogP contribution < -0.4 is 10.1 Å². The lowest BCUT2D eigenvalue weighted by molar-refractivity contribution is -0.113. The van der Waals surface area contributed by atoms with E-state index in [9.17, 15) is 9.59 Å². The smallest absolute Gasteiger partial charge is 0.337 e. The lowest BCUT2D eigenvalue weighted by atomic mass is 10.2. The molecule has 3 rings (SSSR count). The number of nitrogens with zero attached hydrogens (tertiary/aromatic N) is 2. The average molecular weight is 467 g/mol. The maximum absolute atomic E-state index is 12.3. The molecular weight excluding hydrogens is 451 g/mol. The predicted octanol–water partition coefficient (Wildman–Crippen LogP) is 4.30. The number of carbonyl (C=O) groups excluding carboxylic acids is 2. The predicted molar refractivity (Wildman–Crippen MR) is 116 cm³/mol. The van der Waals surface area contributed by atoms with Crippen LogP contribution in [0.15, 0.2) is 41.6 Å². The fourth-order valence-corrected chi connectivity index (χ4v) is 3.41. The second-order valence-corrected chi connectivity index (χ2v) is 7.62. The number of halogens is 2. The molecule has 3 aromatic rings. The van der Waals surface area contributed by atoms with E-state index in [4.69, 9.17) is 27.9 Å². The van der Waals surface area contributed by atoms with Crippen molar-refractivity contribution < 1.29 is 19.1 Å². The number of aromatic nitrogens is 3. The van der Waals surface area contributed by atoms with E-state index in [1.807, 2.05) is 0 Å². The molecule has 0 aliphatic carbocycles. The highest BCUT2D eigenvalue weighted by Gasteiger charge is 2.15. The van der Waals surface area contributed by atoms with Gasteiger partial charge < -0.3 is 14.8 Å². The molecule has 0 atom stereocenters. The number of amides is 1. The second-order valence-electron chi connectivity index (χ2n) is 5.83. The molecule has 0 radical (unpaired) electrons. The minimum Gasteiger partial charge on any atom is -0.496 e. The van der Waals surface area contributed by atoms with Crippen LogP contribution in [0.25, 0.3) is 11.4 Å². The van der Waals surface area contributed by atoms with Gasteiger partial charge in [0.25, 0.3) is 0 Å². The molecule has 11 heteroatoms. The van der Waals surface area contributed by atoms with Crippen molar-refractivity contribution in [3.8, 4) is 17.1 Å². The molecule has 0 unspecified atom stereocenters. The maximum Gasteiger partial charge on any atom is 0.337 e. The number of carbonyl (C=O) groups is 2. The number of nitrogens with one attached hydrogen (secondary N) is 2. The Kier molecular flexibility index (Phi) is 7.20. The number of esters is 1. The average Bonchev–Trinajstić information content (AvgIpc) is 3.22. The number of hydrogen-bond acceptors (Lipinski definition) is 7. The fraction of sp³-hybridized carbons (Fsp3) is 0.158. The summed E-state index contributed by atoms with van der Waals surface area (Å²) in [6, 6.07) is 9.62.